The van der Waals surface area contributed by atoms with Crippen LogP contribution in [-0.2, 0) is 11.3 Å². The molecule has 0 bridgehead atoms. The Morgan fingerprint density at radius 1 is 1.10 bits per heavy atom. The first-order chi connectivity index (χ1) is 9.47. The van der Waals surface area contributed by atoms with Gasteiger partial charge in [-0.05, 0) is 39.0 Å². The molecule has 0 unspecified atom stereocenters. The fraction of sp³-hybridized carbons (Fsp3) is 0.250. The van der Waals surface area contributed by atoms with Crippen molar-refractivity contribution in [3.8, 4) is 0 Å². The van der Waals surface area contributed by atoms with Crippen LogP contribution in [0, 0.1) is 13.8 Å². The van der Waals surface area contributed by atoms with Crippen molar-refractivity contribution in [2.45, 2.75) is 27.3 Å². The molecule has 4 heteroatoms. The van der Waals surface area contributed by atoms with E-state index in [-0.39, 0.29) is 18.2 Å². The maximum absolute atomic E-state index is 12.0. The Labute approximate surface area is 118 Å². The van der Waals surface area contributed by atoms with Crippen molar-refractivity contribution in [3.63, 3.8) is 0 Å². The third kappa shape index (κ3) is 3.15. The molecule has 0 atom stereocenters. The lowest BCUT2D eigenvalue weighted by molar-refractivity contribution is -0.116. The summed E-state index contributed by atoms with van der Waals surface area (Å²) in [4.78, 5) is 23.4. The van der Waals surface area contributed by atoms with Crippen LogP contribution in [-0.4, -0.2) is 16.3 Å². The number of nitrogens with zero attached hydrogens (tertiary/aromatic N) is 1. The van der Waals surface area contributed by atoms with Gasteiger partial charge in [0.25, 0.3) is 0 Å². The number of ketones is 1. The summed E-state index contributed by atoms with van der Waals surface area (Å²) in [5, 5.41) is 2.84. The number of nitrogens with one attached hydrogen (secondary N) is 1. The van der Waals surface area contributed by atoms with Gasteiger partial charge >= 0.3 is 0 Å². The summed E-state index contributed by atoms with van der Waals surface area (Å²) in [7, 11) is 0. The van der Waals surface area contributed by atoms with Gasteiger partial charge in [0, 0.05) is 23.1 Å². The third-order valence-corrected chi connectivity index (χ3v) is 3.27. The van der Waals surface area contributed by atoms with Crippen LogP contribution in [0.2, 0.25) is 0 Å². The highest BCUT2D eigenvalue weighted by Gasteiger charge is 2.11. The molecule has 1 amide bonds. The quantitative estimate of drug-likeness (QED) is 0.868. The predicted molar refractivity (Wildman–Crippen MR) is 79.0 cm³/mol. The molecule has 2 aromatic rings. The summed E-state index contributed by atoms with van der Waals surface area (Å²) < 4.78 is 1.78. The number of Topliss-reactive ketones (excluding diaryl/α,β-unsaturated/α-hetero) is 1. The Kier molecular flexibility index (Phi) is 4.03. The number of aryl methyl sites for hydroxylation is 1. The second kappa shape index (κ2) is 5.74. The Hall–Kier alpha value is -2.36. The molecule has 0 saturated heterocycles. The van der Waals surface area contributed by atoms with E-state index in [9.17, 15) is 9.59 Å². The van der Waals surface area contributed by atoms with E-state index in [0.29, 0.717) is 5.56 Å². The van der Waals surface area contributed by atoms with E-state index in [4.69, 9.17) is 0 Å². The van der Waals surface area contributed by atoms with Crippen LogP contribution < -0.4 is 5.32 Å². The van der Waals surface area contributed by atoms with E-state index in [1.54, 1.807) is 16.8 Å². The fourth-order valence-electron chi connectivity index (χ4n) is 2.09. The maximum atomic E-state index is 12.0. The minimum absolute atomic E-state index is 0.0141. The predicted octanol–water partition coefficient (Wildman–Crippen LogP) is 2.95. The summed E-state index contributed by atoms with van der Waals surface area (Å²) in [6.07, 6.45) is 1.76. The zero-order valence-electron chi connectivity index (χ0n) is 11.9. The standard InChI is InChI=1S/C16H18N2O2/c1-11-4-6-14(7-5-11)17-16(20)10-18-9-8-15(12(18)2)13(3)19/h4-9H,10H2,1-3H3,(H,17,20). The molecule has 2 rings (SSSR count). The number of amides is 1. The lowest BCUT2D eigenvalue weighted by atomic mass is 10.2. The molecular formula is C16H18N2O2. The summed E-state index contributed by atoms with van der Waals surface area (Å²) in [5.41, 5.74) is 3.40. The first kappa shape index (κ1) is 14.1. The molecule has 4 nitrogen and oxygen atoms in total. The van der Waals surface area contributed by atoms with Gasteiger partial charge in [-0.25, -0.2) is 0 Å². The van der Waals surface area contributed by atoms with Crippen molar-refractivity contribution < 1.29 is 9.59 Å². The maximum Gasteiger partial charge on any atom is 0.244 e. The second-order valence-electron chi connectivity index (χ2n) is 4.91. The minimum Gasteiger partial charge on any atom is -0.342 e. The van der Waals surface area contributed by atoms with Crippen LogP contribution in [0.25, 0.3) is 0 Å². The summed E-state index contributed by atoms with van der Waals surface area (Å²) >= 11 is 0. The monoisotopic (exact) mass is 270 g/mol. The van der Waals surface area contributed by atoms with Gasteiger partial charge in [-0.1, -0.05) is 17.7 Å². The molecule has 0 aliphatic heterocycles. The zero-order chi connectivity index (χ0) is 14.7. The average molecular weight is 270 g/mol. The van der Waals surface area contributed by atoms with Crippen LogP contribution in [0.15, 0.2) is 36.5 Å². The van der Waals surface area contributed by atoms with Gasteiger partial charge in [0.1, 0.15) is 6.54 Å². The molecule has 0 aliphatic carbocycles. The number of hydrogen-bond acceptors (Lipinski definition) is 2. The first-order valence-corrected chi connectivity index (χ1v) is 6.50. The van der Waals surface area contributed by atoms with E-state index >= 15 is 0 Å². The molecule has 1 heterocycles. The van der Waals surface area contributed by atoms with Gasteiger partial charge in [0.05, 0.1) is 0 Å². The molecule has 20 heavy (non-hydrogen) atoms. The fourth-order valence-corrected chi connectivity index (χ4v) is 2.09. The molecule has 0 spiro atoms. The van der Waals surface area contributed by atoms with Gasteiger partial charge < -0.3 is 9.88 Å². The number of rotatable bonds is 4. The molecule has 0 radical (unpaired) electrons. The zero-order valence-corrected chi connectivity index (χ0v) is 11.9. The van der Waals surface area contributed by atoms with Crippen molar-refractivity contribution in [2.75, 3.05) is 5.32 Å². The van der Waals surface area contributed by atoms with Crippen molar-refractivity contribution >= 4 is 17.4 Å². The average Bonchev–Trinajstić information content (AvgIpc) is 2.74. The van der Waals surface area contributed by atoms with Gasteiger partial charge in [-0.2, -0.15) is 0 Å². The Balaban J connectivity index is 2.05. The number of hydrogen-bond donors (Lipinski definition) is 1. The summed E-state index contributed by atoms with van der Waals surface area (Å²) in [6, 6.07) is 9.39. The van der Waals surface area contributed by atoms with E-state index in [1.165, 1.54) is 6.92 Å². The smallest absolute Gasteiger partial charge is 0.244 e. The van der Waals surface area contributed by atoms with Crippen molar-refractivity contribution in [2.24, 2.45) is 0 Å². The molecule has 104 valence electrons. The van der Waals surface area contributed by atoms with Gasteiger partial charge in [-0.3, -0.25) is 9.59 Å². The number of carbonyl (C=O) groups excluding carboxylic acids is 2. The van der Waals surface area contributed by atoms with Crippen LogP contribution >= 0.6 is 0 Å². The highest BCUT2D eigenvalue weighted by atomic mass is 16.2. The lowest BCUT2D eigenvalue weighted by Crippen LogP contribution is -2.19. The van der Waals surface area contributed by atoms with Crippen LogP contribution in [0.4, 0.5) is 5.69 Å². The lowest BCUT2D eigenvalue weighted by Gasteiger charge is -2.08. The molecular weight excluding hydrogens is 252 g/mol. The molecule has 1 aromatic carbocycles. The number of carbonyl (C=O) groups is 2. The minimum atomic E-state index is -0.109. The first-order valence-electron chi connectivity index (χ1n) is 6.50. The van der Waals surface area contributed by atoms with Crippen LogP contribution in [0.1, 0.15) is 28.5 Å². The Bertz CT molecular complexity index is 639. The number of benzene rings is 1. The Morgan fingerprint density at radius 2 is 1.75 bits per heavy atom. The molecule has 1 N–H and O–H groups in total. The largest absolute Gasteiger partial charge is 0.342 e. The van der Waals surface area contributed by atoms with E-state index in [2.05, 4.69) is 5.32 Å². The number of anilines is 1. The van der Waals surface area contributed by atoms with Crippen LogP contribution in [0.3, 0.4) is 0 Å². The topological polar surface area (TPSA) is 51.1 Å². The van der Waals surface area contributed by atoms with Crippen molar-refractivity contribution in [1.82, 2.24) is 4.57 Å². The second-order valence-corrected chi connectivity index (χ2v) is 4.91. The van der Waals surface area contributed by atoms with Crippen molar-refractivity contribution in [1.29, 1.82) is 0 Å². The van der Waals surface area contributed by atoms with E-state index < -0.39 is 0 Å². The normalized spacial score (nSPS) is 10.3. The highest BCUT2D eigenvalue weighted by molar-refractivity contribution is 5.95. The summed E-state index contributed by atoms with van der Waals surface area (Å²) in [6.45, 7) is 5.57. The molecule has 1 aromatic heterocycles. The third-order valence-electron chi connectivity index (χ3n) is 3.27. The van der Waals surface area contributed by atoms with Gasteiger partial charge in [0.15, 0.2) is 5.78 Å². The molecule has 0 aliphatic rings. The van der Waals surface area contributed by atoms with Gasteiger partial charge in [-0.15, -0.1) is 0 Å². The van der Waals surface area contributed by atoms with Crippen LogP contribution in [0.5, 0.6) is 0 Å². The van der Waals surface area contributed by atoms with E-state index in [1.807, 2.05) is 38.1 Å². The molecule has 0 fully saturated rings. The summed E-state index contributed by atoms with van der Waals surface area (Å²) in [5.74, 6) is -0.0946. The Morgan fingerprint density at radius 3 is 2.30 bits per heavy atom. The highest BCUT2D eigenvalue weighted by Crippen LogP contribution is 2.12. The van der Waals surface area contributed by atoms with Gasteiger partial charge in [0.2, 0.25) is 5.91 Å². The number of aromatic nitrogens is 1. The van der Waals surface area contributed by atoms with E-state index in [0.717, 1.165) is 16.9 Å². The molecule has 0 saturated carbocycles. The SMILES string of the molecule is CC(=O)c1ccn(CC(=O)Nc2ccc(C)cc2)c1C. The van der Waals surface area contributed by atoms with Crippen molar-refractivity contribution in [3.05, 3.63) is 53.3 Å².